The van der Waals surface area contributed by atoms with Crippen LogP contribution in [0.3, 0.4) is 0 Å². The van der Waals surface area contributed by atoms with Gasteiger partial charge in [-0.2, -0.15) is 16.9 Å². The van der Waals surface area contributed by atoms with Gasteiger partial charge in [0.15, 0.2) is 0 Å². The summed E-state index contributed by atoms with van der Waals surface area (Å²) in [6.07, 6.45) is 2.10. The van der Waals surface area contributed by atoms with E-state index in [0.29, 0.717) is 0 Å². The van der Waals surface area contributed by atoms with Gasteiger partial charge in [0.2, 0.25) is 0 Å². The Kier molecular flexibility index (Phi) is 4.88. The summed E-state index contributed by atoms with van der Waals surface area (Å²) < 4.78 is 1.88. The van der Waals surface area contributed by atoms with Crippen LogP contribution in [0.5, 0.6) is 0 Å². The first-order valence-electron chi connectivity index (χ1n) is 6.25. The van der Waals surface area contributed by atoms with Crippen LogP contribution in [-0.4, -0.2) is 52.4 Å². The average molecular weight is 254 g/mol. The Hall–Kier alpha value is -0.520. The minimum absolute atomic E-state index is 0.933. The number of aromatic nitrogens is 2. The summed E-state index contributed by atoms with van der Waals surface area (Å²) in [5.74, 6) is 2.59. The van der Waals surface area contributed by atoms with E-state index in [0.717, 1.165) is 18.8 Å². The van der Waals surface area contributed by atoms with E-state index in [-0.39, 0.29) is 0 Å². The first kappa shape index (κ1) is 12.9. The Morgan fingerprint density at radius 2 is 2.18 bits per heavy atom. The molecule has 2 heterocycles. The molecule has 1 aromatic heterocycles. The molecular weight excluding hydrogens is 232 g/mol. The van der Waals surface area contributed by atoms with E-state index in [9.17, 15) is 0 Å². The zero-order valence-electron chi connectivity index (χ0n) is 10.8. The lowest BCUT2D eigenvalue weighted by molar-refractivity contribution is 0.301. The van der Waals surface area contributed by atoms with E-state index < -0.39 is 0 Å². The molecule has 1 aliphatic heterocycles. The molecule has 1 saturated heterocycles. The van der Waals surface area contributed by atoms with Gasteiger partial charge in [0, 0.05) is 63.0 Å². The van der Waals surface area contributed by atoms with Gasteiger partial charge in [-0.1, -0.05) is 0 Å². The SMILES string of the molecule is Cc1nn(C)cc1CNCCN1CCSCC1. The van der Waals surface area contributed by atoms with E-state index in [1.807, 2.05) is 11.7 Å². The lowest BCUT2D eigenvalue weighted by atomic mass is 10.2. The second-order valence-electron chi connectivity index (χ2n) is 4.54. The molecule has 0 aromatic carbocycles. The summed E-state index contributed by atoms with van der Waals surface area (Å²) in [6.45, 7) is 7.73. The maximum Gasteiger partial charge on any atom is 0.0638 e. The van der Waals surface area contributed by atoms with E-state index >= 15 is 0 Å². The molecule has 1 aromatic rings. The topological polar surface area (TPSA) is 33.1 Å². The van der Waals surface area contributed by atoms with Gasteiger partial charge in [-0.25, -0.2) is 0 Å². The quantitative estimate of drug-likeness (QED) is 0.790. The predicted molar refractivity (Wildman–Crippen MR) is 73.4 cm³/mol. The number of aryl methyl sites for hydroxylation is 2. The highest BCUT2D eigenvalue weighted by Gasteiger charge is 2.09. The largest absolute Gasteiger partial charge is 0.311 e. The van der Waals surface area contributed by atoms with Crippen LogP contribution in [0, 0.1) is 6.92 Å². The zero-order chi connectivity index (χ0) is 12.1. The van der Waals surface area contributed by atoms with Gasteiger partial charge < -0.3 is 10.2 Å². The van der Waals surface area contributed by atoms with Crippen LogP contribution in [-0.2, 0) is 13.6 Å². The van der Waals surface area contributed by atoms with Crippen LogP contribution in [0.15, 0.2) is 6.20 Å². The lowest BCUT2D eigenvalue weighted by Crippen LogP contribution is -2.37. The number of thioether (sulfide) groups is 1. The Labute approximate surface area is 108 Å². The molecule has 0 aliphatic carbocycles. The van der Waals surface area contributed by atoms with Gasteiger partial charge >= 0.3 is 0 Å². The molecule has 0 saturated carbocycles. The highest BCUT2D eigenvalue weighted by molar-refractivity contribution is 7.99. The third-order valence-electron chi connectivity index (χ3n) is 3.14. The summed E-state index contributed by atoms with van der Waals surface area (Å²) in [6, 6.07) is 0. The normalized spacial score (nSPS) is 17.5. The van der Waals surface area contributed by atoms with Gasteiger partial charge in [0.25, 0.3) is 0 Å². The predicted octanol–water partition coefficient (Wildman–Crippen LogP) is 0.867. The van der Waals surface area contributed by atoms with Crippen molar-refractivity contribution in [3.63, 3.8) is 0 Å². The van der Waals surface area contributed by atoms with Crippen LogP contribution >= 0.6 is 11.8 Å². The number of hydrogen-bond acceptors (Lipinski definition) is 4. The maximum absolute atomic E-state index is 4.34. The van der Waals surface area contributed by atoms with Crippen LogP contribution in [0.2, 0.25) is 0 Å². The van der Waals surface area contributed by atoms with Crippen molar-refractivity contribution in [1.82, 2.24) is 20.0 Å². The summed E-state index contributed by atoms with van der Waals surface area (Å²) in [7, 11) is 1.97. The second-order valence-corrected chi connectivity index (χ2v) is 5.77. The third kappa shape index (κ3) is 4.01. The molecular formula is C12H22N4S. The van der Waals surface area contributed by atoms with Crippen molar-refractivity contribution in [2.45, 2.75) is 13.5 Å². The summed E-state index contributed by atoms with van der Waals surface area (Å²) in [5.41, 5.74) is 2.44. The molecule has 1 fully saturated rings. The first-order valence-corrected chi connectivity index (χ1v) is 7.41. The fraction of sp³-hybridized carbons (Fsp3) is 0.750. The van der Waals surface area contributed by atoms with Crippen molar-refractivity contribution in [1.29, 1.82) is 0 Å². The van der Waals surface area contributed by atoms with E-state index in [1.54, 1.807) is 0 Å². The minimum Gasteiger partial charge on any atom is -0.311 e. The Bertz CT molecular complexity index is 344. The van der Waals surface area contributed by atoms with Gasteiger partial charge in [0.05, 0.1) is 5.69 Å². The standard InChI is InChI=1S/C12H22N4S/c1-11-12(10-15(2)14-11)9-13-3-4-16-5-7-17-8-6-16/h10,13H,3-9H2,1-2H3. The van der Waals surface area contributed by atoms with Gasteiger partial charge in [0.1, 0.15) is 0 Å². The molecule has 0 bridgehead atoms. The first-order chi connectivity index (χ1) is 8.25. The highest BCUT2D eigenvalue weighted by atomic mass is 32.2. The van der Waals surface area contributed by atoms with Crippen molar-refractivity contribution in [2.75, 3.05) is 37.7 Å². The molecule has 0 atom stereocenters. The molecule has 0 amide bonds. The molecule has 4 nitrogen and oxygen atoms in total. The summed E-state index contributed by atoms with van der Waals surface area (Å²) in [4.78, 5) is 2.54. The van der Waals surface area contributed by atoms with Crippen LogP contribution < -0.4 is 5.32 Å². The number of nitrogens with zero attached hydrogens (tertiary/aromatic N) is 3. The summed E-state index contributed by atoms with van der Waals surface area (Å²) >= 11 is 2.07. The van der Waals surface area contributed by atoms with Crippen molar-refractivity contribution < 1.29 is 0 Å². The number of nitrogens with one attached hydrogen (secondary N) is 1. The Morgan fingerprint density at radius 1 is 1.41 bits per heavy atom. The molecule has 96 valence electrons. The van der Waals surface area contributed by atoms with Crippen molar-refractivity contribution in [3.05, 3.63) is 17.5 Å². The Balaban J connectivity index is 1.64. The second kappa shape index (κ2) is 6.42. The van der Waals surface area contributed by atoms with Crippen LogP contribution in [0.25, 0.3) is 0 Å². The maximum atomic E-state index is 4.34. The highest BCUT2D eigenvalue weighted by Crippen LogP contribution is 2.08. The zero-order valence-corrected chi connectivity index (χ0v) is 11.6. The molecule has 0 spiro atoms. The average Bonchev–Trinajstić information content (AvgIpc) is 2.65. The number of hydrogen-bond donors (Lipinski definition) is 1. The molecule has 5 heteroatoms. The van der Waals surface area contributed by atoms with Gasteiger partial charge in [-0.05, 0) is 6.92 Å². The lowest BCUT2D eigenvalue weighted by Gasteiger charge is -2.26. The summed E-state index contributed by atoms with van der Waals surface area (Å²) in [5, 5.41) is 7.84. The smallest absolute Gasteiger partial charge is 0.0638 e. The van der Waals surface area contributed by atoms with Gasteiger partial charge in [-0.3, -0.25) is 4.68 Å². The van der Waals surface area contributed by atoms with Gasteiger partial charge in [-0.15, -0.1) is 0 Å². The minimum atomic E-state index is 0.933. The fourth-order valence-corrected chi connectivity index (χ4v) is 3.09. The van der Waals surface area contributed by atoms with E-state index in [2.05, 4.69) is 40.2 Å². The van der Waals surface area contributed by atoms with Crippen molar-refractivity contribution in [2.24, 2.45) is 7.05 Å². The van der Waals surface area contributed by atoms with Crippen molar-refractivity contribution in [3.8, 4) is 0 Å². The molecule has 17 heavy (non-hydrogen) atoms. The molecule has 0 unspecified atom stereocenters. The third-order valence-corrected chi connectivity index (χ3v) is 4.08. The van der Waals surface area contributed by atoms with E-state index in [1.165, 1.54) is 36.7 Å². The molecule has 2 rings (SSSR count). The fourth-order valence-electron chi connectivity index (χ4n) is 2.11. The number of rotatable bonds is 5. The van der Waals surface area contributed by atoms with Crippen LogP contribution in [0.4, 0.5) is 0 Å². The molecule has 1 N–H and O–H groups in total. The molecule has 0 radical (unpaired) electrons. The monoisotopic (exact) mass is 254 g/mol. The molecule has 1 aliphatic rings. The van der Waals surface area contributed by atoms with E-state index in [4.69, 9.17) is 0 Å². The Morgan fingerprint density at radius 3 is 2.82 bits per heavy atom. The van der Waals surface area contributed by atoms with Crippen LogP contribution in [0.1, 0.15) is 11.3 Å². The van der Waals surface area contributed by atoms with Crippen molar-refractivity contribution >= 4 is 11.8 Å².